The Morgan fingerprint density at radius 1 is 0.675 bits per heavy atom. The number of aliphatic hydroxyl groups excluding tert-OH is 2. The van der Waals surface area contributed by atoms with Crippen LogP contribution in [0.2, 0.25) is 0 Å². The lowest BCUT2D eigenvalue weighted by Gasteiger charge is -2.37. The summed E-state index contributed by atoms with van der Waals surface area (Å²) in [6.07, 6.45) is 5.83. The molecule has 4 N–H and O–H groups in total. The van der Waals surface area contributed by atoms with Crippen LogP contribution < -0.4 is 0 Å². The summed E-state index contributed by atoms with van der Waals surface area (Å²) in [5.74, 6) is 0.402. The Labute approximate surface area is 237 Å². The van der Waals surface area contributed by atoms with Crippen molar-refractivity contribution in [2.45, 2.75) is 127 Å². The van der Waals surface area contributed by atoms with Gasteiger partial charge in [0.05, 0.1) is 36.6 Å². The summed E-state index contributed by atoms with van der Waals surface area (Å²) in [6, 6.07) is 13.8. The fourth-order valence-electron chi connectivity index (χ4n) is 5.58. The van der Waals surface area contributed by atoms with Gasteiger partial charge in [0.15, 0.2) is 12.6 Å². The van der Waals surface area contributed by atoms with E-state index in [1.807, 2.05) is 24.3 Å². The zero-order valence-corrected chi connectivity index (χ0v) is 23.7. The first-order valence-electron chi connectivity index (χ1n) is 14.8. The van der Waals surface area contributed by atoms with Gasteiger partial charge in [0.1, 0.15) is 11.5 Å². The van der Waals surface area contributed by atoms with Gasteiger partial charge in [-0.2, -0.15) is 0 Å². The van der Waals surface area contributed by atoms with E-state index in [-0.39, 0.29) is 42.0 Å². The first-order valence-corrected chi connectivity index (χ1v) is 14.8. The minimum atomic E-state index is -0.505. The molecule has 4 rings (SSSR count). The molecule has 2 saturated heterocycles. The van der Waals surface area contributed by atoms with Crippen LogP contribution in [0.5, 0.6) is 11.5 Å². The highest BCUT2D eigenvalue weighted by molar-refractivity contribution is 5.27. The molecule has 2 aliphatic heterocycles. The Hall–Kier alpha value is -2.20. The molecule has 2 aromatic carbocycles. The molecule has 2 aromatic rings. The average molecular weight is 559 g/mol. The Kier molecular flexibility index (Phi) is 11.6. The summed E-state index contributed by atoms with van der Waals surface area (Å²) in [6.45, 7) is 3.90. The van der Waals surface area contributed by atoms with Crippen molar-refractivity contribution in [3.05, 3.63) is 59.7 Å². The number of phenolic OH excluding ortho intramolecular Hbond substituents is 2. The van der Waals surface area contributed by atoms with Gasteiger partial charge in [0.25, 0.3) is 0 Å². The third-order valence-corrected chi connectivity index (χ3v) is 7.85. The van der Waals surface area contributed by atoms with E-state index < -0.39 is 18.7 Å². The fourth-order valence-corrected chi connectivity index (χ4v) is 5.58. The topological polar surface area (TPSA) is 118 Å². The first kappa shape index (κ1) is 30.8. The van der Waals surface area contributed by atoms with Gasteiger partial charge >= 0.3 is 0 Å². The number of phenols is 2. The number of aromatic hydroxyl groups is 2. The van der Waals surface area contributed by atoms with Crippen molar-refractivity contribution in [1.29, 1.82) is 0 Å². The van der Waals surface area contributed by atoms with E-state index in [9.17, 15) is 20.4 Å². The van der Waals surface area contributed by atoms with E-state index in [1.54, 1.807) is 31.2 Å². The van der Waals surface area contributed by atoms with Crippen LogP contribution in [0.3, 0.4) is 0 Å². The summed E-state index contributed by atoms with van der Waals surface area (Å²) in [5, 5.41) is 39.8. The predicted octanol–water partition coefficient (Wildman–Crippen LogP) is 6.03. The van der Waals surface area contributed by atoms with E-state index >= 15 is 0 Å². The Morgan fingerprint density at radius 2 is 1.12 bits per heavy atom. The molecule has 2 heterocycles. The molecule has 2 aliphatic rings. The smallest absolute Gasteiger partial charge is 0.184 e. The van der Waals surface area contributed by atoms with Crippen LogP contribution in [-0.2, 0) is 18.9 Å². The number of aliphatic hydroxyl groups is 2. The molecule has 222 valence electrons. The molecule has 0 radical (unpaired) electrons. The molecule has 8 unspecified atom stereocenters. The zero-order valence-electron chi connectivity index (χ0n) is 23.7. The summed E-state index contributed by atoms with van der Waals surface area (Å²) in [5.41, 5.74) is 1.73. The van der Waals surface area contributed by atoms with Gasteiger partial charge in [-0.15, -0.1) is 0 Å². The lowest BCUT2D eigenvalue weighted by molar-refractivity contribution is -0.253. The molecular weight excluding hydrogens is 512 g/mol. The van der Waals surface area contributed by atoms with E-state index in [0.717, 1.165) is 62.5 Å². The largest absolute Gasteiger partial charge is 0.508 e. The summed E-state index contributed by atoms with van der Waals surface area (Å²) < 4.78 is 24.9. The van der Waals surface area contributed by atoms with Crippen molar-refractivity contribution in [1.82, 2.24) is 0 Å². The van der Waals surface area contributed by atoms with Crippen molar-refractivity contribution in [2.75, 3.05) is 0 Å². The maximum Gasteiger partial charge on any atom is 0.184 e. The van der Waals surface area contributed by atoms with E-state index in [1.165, 1.54) is 0 Å². The van der Waals surface area contributed by atoms with Gasteiger partial charge < -0.3 is 39.4 Å². The van der Waals surface area contributed by atoms with E-state index in [2.05, 4.69) is 6.92 Å². The van der Waals surface area contributed by atoms with E-state index in [4.69, 9.17) is 18.9 Å². The van der Waals surface area contributed by atoms with Crippen LogP contribution >= 0.6 is 0 Å². The van der Waals surface area contributed by atoms with Gasteiger partial charge in [-0.3, -0.25) is 0 Å². The SMILES string of the molecule is CCC1CC(CC(O)CCCC2CC(CCCC(C)O)OC(c3ccc(O)cc3)O2)OC(c2ccc(O)cc2)O1. The van der Waals surface area contributed by atoms with Crippen LogP contribution in [0.4, 0.5) is 0 Å². The highest BCUT2D eigenvalue weighted by Gasteiger charge is 2.33. The normalized spacial score (nSPS) is 28.7. The zero-order chi connectivity index (χ0) is 28.5. The molecule has 40 heavy (non-hydrogen) atoms. The first-order chi connectivity index (χ1) is 19.3. The number of hydrogen-bond acceptors (Lipinski definition) is 8. The van der Waals surface area contributed by atoms with Crippen LogP contribution in [0.1, 0.15) is 102 Å². The highest BCUT2D eigenvalue weighted by Crippen LogP contribution is 2.36. The Morgan fingerprint density at radius 3 is 1.62 bits per heavy atom. The van der Waals surface area contributed by atoms with Crippen LogP contribution in [0.15, 0.2) is 48.5 Å². The number of hydrogen-bond donors (Lipinski definition) is 4. The number of rotatable bonds is 13. The Balaban J connectivity index is 1.28. The maximum absolute atomic E-state index is 10.9. The fraction of sp³-hybridized carbons (Fsp3) is 0.625. The molecule has 0 aromatic heterocycles. The summed E-state index contributed by atoms with van der Waals surface area (Å²) in [7, 11) is 0. The quantitative estimate of drug-likeness (QED) is 0.236. The van der Waals surface area contributed by atoms with Gasteiger partial charge in [0.2, 0.25) is 0 Å². The molecule has 8 heteroatoms. The van der Waals surface area contributed by atoms with Crippen LogP contribution in [0, 0.1) is 0 Å². The Bertz CT molecular complexity index is 995. The average Bonchev–Trinajstić information content (AvgIpc) is 2.93. The molecule has 8 atom stereocenters. The molecule has 0 spiro atoms. The number of ether oxygens (including phenoxy) is 4. The maximum atomic E-state index is 10.9. The summed E-state index contributed by atoms with van der Waals surface area (Å²) in [4.78, 5) is 0. The highest BCUT2D eigenvalue weighted by atomic mass is 16.7. The molecule has 2 fully saturated rings. The van der Waals surface area contributed by atoms with Crippen molar-refractivity contribution in [2.24, 2.45) is 0 Å². The second-order valence-electron chi connectivity index (χ2n) is 11.4. The minimum Gasteiger partial charge on any atom is -0.508 e. The van der Waals surface area contributed by atoms with Crippen molar-refractivity contribution >= 4 is 0 Å². The minimum absolute atomic E-state index is 0.000942. The standard InChI is InChI=1S/C32H46O8/c1-3-27-19-30(40-31(37-27)22-10-14-24(34)15-11-22)18-26(36)7-5-9-29-20-28(8-4-6-21(2)33)38-32(39-29)23-12-16-25(35)17-13-23/h10-17,21,26-36H,3-9,18-20H2,1-2H3. The van der Waals surface area contributed by atoms with Crippen molar-refractivity contribution < 1.29 is 39.4 Å². The molecule has 8 nitrogen and oxygen atoms in total. The second-order valence-corrected chi connectivity index (χ2v) is 11.4. The van der Waals surface area contributed by atoms with Crippen LogP contribution in [-0.4, -0.2) is 57.0 Å². The van der Waals surface area contributed by atoms with Gasteiger partial charge in [-0.05, 0) is 82.6 Å². The van der Waals surface area contributed by atoms with Crippen molar-refractivity contribution in [3.63, 3.8) is 0 Å². The third-order valence-electron chi connectivity index (χ3n) is 7.85. The van der Waals surface area contributed by atoms with Crippen molar-refractivity contribution in [3.8, 4) is 11.5 Å². The third kappa shape index (κ3) is 9.43. The molecule has 0 aliphatic carbocycles. The summed E-state index contributed by atoms with van der Waals surface area (Å²) >= 11 is 0. The lowest BCUT2D eigenvalue weighted by atomic mass is 9.96. The van der Waals surface area contributed by atoms with Crippen LogP contribution in [0.25, 0.3) is 0 Å². The lowest BCUT2D eigenvalue weighted by Crippen LogP contribution is -2.36. The molecule has 0 saturated carbocycles. The van der Waals surface area contributed by atoms with Gasteiger partial charge in [-0.1, -0.05) is 31.2 Å². The van der Waals surface area contributed by atoms with Gasteiger partial charge in [-0.25, -0.2) is 0 Å². The van der Waals surface area contributed by atoms with E-state index in [0.29, 0.717) is 12.8 Å². The number of benzene rings is 2. The molecule has 0 amide bonds. The molecular formula is C32H46O8. The predicted molar refractivity (Wildman–Crippen MR) is 151 cm³/mol. The monoisotopic (exact) mass is 558 g/mol. The van der Waals surface area contributed by atoms with Gasteiger partial charge in [0, 0.05) is 24.0 Å². The second kappa shape index (κ2) is 15.1. The molecule has 0 bridgehead atoms.